The van der Waals surface area contributed by atoms with Crippen LogP contribution in [-0.2, 0) is 4.43 Å². The highest BCUT2D eigenvalue weighted by Crippen LogP contribution is 2.21. The largest absolute Gasteiger partial charge is 0.419 e. The monoisotopic (exact) mass is 194 g/mol. The van der Waals surface area contributed by atoms with Gasteiger partial charge in [-0.05, 0) is 13.1 Å². The van der Waals surface area contributed by atoms with E-state index in [1.165, 1.54) is 0 Å². The lowest BCUT2D eigenvalue weighted by atomic mass is 10.9. The fraction of sp³-hybridized carbons (Fsp3) is 1.00. The van der Waals surface area contributed by atoms with E-state index in [9.17, 15) is 0 Å². The fourth-order valence-electron chi connectivity index (χ4n) is 0.596. The van der Waals surface area contributed by atoms with E-state index in [0.29, 0.717) is 4.87 Å². The molecule has 0 radical (unpaired) electrons. The molecule has 0 fully saturated rings. The van der Waals surface area contributed by atoms with Gasteiger partial charge in [0.2, 0.25) is 0 Å². The van der Waals surface area contributed by atoms with E-state index < -0.39 is 8.32 Å². The highest BCUT2D eigenvalue weighted by Gasteiger charge is 2.28. The normalized spacial score (nSPS) is 15.0. The van der Waals surface area contributed by atoms with Gasteiger partial charge in [-0.2, -0.15) is 11.8 Å². The Bertz CT molecular complexity index is 109. The zero-order valence-electron chi connectivity index (χ0n) is 7.76. The highest BCUT2D eigenvalue weighted by atomic mass is 32.2. The lowest BCUT2D eigenvalue weighted by molar-refractivity contribution is 0.322. The topological polar surface area (TPSA) is 29.5 Å². The lowest BCUT2D eigenvalue weighted by Gasteiger charge is -2.26. The summed E-state index contributed by atoms with van der Waals surface area (Å²) in [7, 11) is 0.314. The summed E-state index contributed by atoms with van der Waals surface area (Å²) in [6, 6.07) is 0. The van der Waals surface area contributed by atoms with Crippen LogP contribution < -0.4 is 0 Å². The smallest absolute Gasteiger partial charge is 0.198 e. The lowest BCUT2D eigenvalue weighted by Crippen LogP contribution is -2.40. The summed E-state index contributed by atoms with van der Waals surface area (Å²) in [6.07, 6.45) is 0. The van der Waals surface area contributed by atoms with E-state index in [2.05, 4.69) is 20.0 Å². The van der Waals surface area contributed by atoms with Gasteiger partial charge in [-0.25, -0.2) is 0 Å². The molecule has 1 atom stereocenters. The molecule has 1 N–H and O–H groups in total. The molecule has 0 aromatic carbocycles. The zero-order valence-corrected chi connectivity index (χ0v) is 9.57. The molecule has 2 nitrogen and oxygen atoms in total. The first kappa shape index (κ1) is 11.5. The van der Waals surface area contributed by atoms with E-state index in [-0.39, 0.29) is 6.61 Å². The standard InChI is InChI=1S/C7H18O2SSi/c1-7(10-6-5-8)11(3,4)9-2/h7-8H,5-6H2,1-4H3. The summed E-state index contributed by atoms with van der Waals surface area (Å²) in [4.78, 5) is 0.555. The van der Waals surface area contributed by atoms with Gasteiger partial charge in [0.25, 0.3) is 0 Å². The molecule has 0 aromatic rings. The average Bonchev–Trinajstić information content (AvgIpc) is 2.00. The molecule has 0 amide bonds. The van der Waals surface area contributed by atoms with Crippen molar-refractivity contribution in [1.82, 2.24) is 0 Å². The molecule has 0 aliphatic carbocycles. The van der Waals surface area contributed by atoms with Gasteiger partial charge >= 0.3 is 0 Å². The second-order valence-corrected chi connectivity index (χ2v) is 9.39. The third-order valence-electron chi connectivity index (χ3n) is 1.96. The number of thioether (sulfide) groups is 1. The Balaban J connectivity index is 3.71. The van der Waals surface area contributed by atoms with Crippen LogP contribution in [0.2, 0.25) is 13.1 Å². The van der Waals surface area contributed by atoms with Crippen molar-refractivity contribution in [2.75, 3.05) is 19.5 Å². The molecule has 0 saturated heterocycles. The summed E-state index contributed by atoms with van der Waals surface area (Å²) in [5.74, 6) is 0.820. The van der Waals surface area contributed by atoms with Crippen LogP contribution >= 0.6 is 11.8 Å². The SMILES string of the molecule is CO[Si](C)(C)C(C)SCCO. The van der Waals surface area contributed by atoms with Crippen LogP contribution in [0.15, 0.2) is 0 Å². The summed E-state index contributed by atoms with van der Waals surface area (Å²) < 4.78 is 5.43. The third kappa shape index (κ3) is 4.15. The van der Waals surface area contributed by atoms with Crippen molar-refractivity contribution in [2.24, 2.45) is 0 Å². The molecule has 0 spiro atoms. The summed E-state index contributed by atoms with van der Waals surface area (Å²) in [5.41, 5.74) is 0. The van der Waals surface area contributed by atoms with E-state index in [1.54, 1.807) is 18.9 Å². The van der Waals surface area contributed by atoms with E-state index in [1.807, 2.05) is 0 Å². The van der Waals surface area contributed by atoms with E-state index in [0.717, 1.165) is 5.75 Å². The Kier molecular flexibility index (Phi) is 5.42. The average molecular weight is 194 g/mol. The first-order valence-corrected chi connectivity index (χ1v) is 7.85. The van der Waals surface area contributed by atoms with Crippen molar-refractivity contribution < 1.29 is 9.53 Å². The predicted octanol–water partition coefficient (Wildman–Crippen LogP) is 1.49. The van der Waals surface area contributed by atoms with Crippen molar-refractivity contribution in [1.29, 1.82) is 0 Å². The molecule has 0 aliphatic rings. The molecule has 68 valence electrons. The zero-order chi connectivity index (χ0) is 8.91. The van der Waals surface area contributed by atoms with Gasteiger partial charge in [0.15, 0.2) is 8.32 Å². The van der Waals surface area contributed by atoms with E-state index in [4.69, 9.17) is 9.53 Å². The minimum absolute atomic E-state index is 0.267. The Morgan fingerprint density at radius 1 is 1.55 bits per heavy atom. The van der Waals surface area contributed by atoms with Crippen molar-refractivity contribution in [3.63, 3.8) is 0 Å². The first-order valence-electron chi connectivity index (χ1n) is 3.82. The molecular weight excluding hydrogens is 176 g/mol. The maximum atomic E-state index is 8.61. The van der Waals surface area contributed by atoms with Crippen LogP contribution in [0.5, 0.6) is 0 Å². The third-order valence-corrected chi connectivity index (χ3v) is 8.10. The number of aliphatic hydroxyl groups is 1. The minimum atomic E-state index is -1.47. The number of rotatable bonds is 5. The molecule has 0 aliphatic heterocycles. The Morgan fingerprint density at radius 2 is 2.09 bits per heavy atom. The number of hydrogen-bond donors (Lipinski definition) is 1. The second-order valence-electron chi connectivity index (χ2n) is 3.04. The fourth-order valence-corrected chi connectivity index (χ4v) is 3.63. The minimum Gasteiger partial charge on any atom is -0.419 e. The molecular formula is C7H18O2SSi. The van der Waals surface area contributed by atoms with Crippen LogP contribution in [0.1, 0.15) is 6.92 Å². The van der Waals surface area contributed by atoms with Gasteiger partial charge in [0, 0.05) is 17.7 Å². The first-order chi connectivity index (χ1) is 5.04. The highest BCUT2D eigenvalue weighted by molar-refractivity contribution is 8.01. The Hall–Kier alpha value is 0.487. The summed E-state index contributed by atoms with van der Waals surface area (Å²) >= 11 is 1.79. The molecule has 11 heavy (non-hydrogen) atoms. The van der Waals surface area contributed by atoms with Gasteiger partial charge < -0.3 is 9.53 Å². The van der Waals surface area contributed by atoms with Gasteiger partial charge in [-0.15, -0.1) is 0 Å². The second kappa shape index (κ2) is 5.19. The van der Waals surface area contributed by atoms with Gasteiger partial charge in [-0.3, -0.25) is 0 Å². The quantitative estimate of drug-likeness (QED) is 0.673. The predicted molar refractivity (Wildman–Crippen MR) is 53.5 cm³/mol. The summed E-state index contributed by atoms with van der Waals surface area (Å²) in [6.45, 7) is 6.84. The number of aliphatic hydroxyl groups excluding tert-OH is 1. The molecule has 0 heterocycles. The maximum absolute atomic E-state index is 8.61. The van der Waals surface area contributed by atoms with Crippen LogP contribution in [0.4, 0.5) is 0 Å². The van der Waals surface area contributed by atoms with Crippen LogP contribution in [0, 0.1) is 0 Å². The molecule has 4 heteroatoms. The van der Waals surface area contributed by atoms with E-state index >= 15 is 0 Å². The molecule has 0 bridgehead atoms. The van der Waals surface area contributed by atoms with Crippen LogP contribution in [0.25, 0.3) is 0 Å². The molecule has 0 aromatic heterocycles. The van der Waals surface area contributed by atoms with Gasteiger partial charge in [0.05, 0.1) is 6.61 Å². The molecule has 0 rings (SSSR count). The van der Waals surface area contributed by atoms with Crippen molar-refractivity contribution in [2.45, 2.75) is 24.9 Å². The Labute approximate surface area is 74.5 Å². The Morgan fingerprint density at radius 3 is 2.45 bits per heavy atom. The molecule has 0 saturated carbocycles. The van der Waals surface area contributed by atoms with Gasteiger partial charge in [0.1, 0.15) is 0 Å². The number of hydrogen-bond acceptors (Lipinski definition) is 3. The van der Waals surface area contributed by atoms with Crippen molar-refractivity contribution in [3.05, 3.63) is 0 Å². The van der Waals surface area contributed by atoms with Gasteiger partial charge in [-0.1, -0.05) is 6.92 Å². The van der Waals surface area contributed by atoms with Crippen molar-refractivity contribution >= 4 is 20.1 Å². The molecule has 1 unspecified atom stereocenters. The summed E-state index contributed by atoms with van der Waals surface area (Å²) in [5, 5.41) is 8.61. The van der Waals surface area contributed by atoms with Crippen LogP contribution in [0.3, 0.4) is 0 Å². The maximum Gasteiger partial charge on any atom is 0.198 e. The van der Waals surface area contributed by atoms with Crippen LogP contribution in [-0.4, -0.2) is 37.8 Å². The van der Waals surface area contributed by atoms with Crippen molar-refractivity contribution in [3.8, 4) is 0 Å².